The van der Waals surface area contributed by atoms with Crippen molar-refractivity contribution in [1.82, 2.24) is 15.2 Å². The third-order valence-corrected chi connectivity index (χ3v) is 2.20. The Balaban J connectivity index is 2.65. The summed E-state index contributed by atoms with van der Waals surface area (Å²) in [5.41, 5.74) is 2.06. The summed E-state index contributed by atoms with van der Waals surface area (Å²) < 4.78 is 0. The SMILES string of the molecule is c1cnc2ccc3cn[nH]c3c2c1. The molecule has 62 valence electrons. The van der Waals surface area contributed by atoms with Gasteiger partial charge in [0.15, 0.2) is 0 Å². The van der Waals surface area contributed by atoms with Crippen LogP contribution in [0.4, 0.5) is 0 Å². The molecule has 0 spiro atoms. The molecule has 0 amide bonds. The van der Waals surface area contributed by atoms with Gasteiger partial charge in [-0.2, -0.15) is 5.10 Å². The maximum Gasteiger partial charge on any atom is 0.0744 e. The van der Waals surface area contributed by atoms with Gasteiger partial charge in [0, 0.05) is 17.0 Å². The molecular weight excluding hydrogens is 162 g/mol. The predicted octanol–water partition coefficient (Wildman–Crippen LogP) is 2.11. The van der Waals surface area contributed by atoms with Crippen LogP contribution >= 0.6 is 0 Å². The largest absolute Gasteiger partial charge is 0.277 e. The summed E-state index contributed by atoms with van der Waals surface area (Å²) in [4.78, 5) is 4.26. The number of hydrogen-bond donors (Lipinski definition) is 1. The molecule has 0 aliphatic heterocycles. The van der Waals surface area contributed by atoms with Crippen LogP contribution in [0.15, 0.2) is 36.7 Å². The standard InChI is InChI=1S/C10H7N3/c1-2-8-9(11-5-1)4-3-7-6-12-13-10(7)8/h1-6H,(H,12,13). The highest BCUT2D eigenvalue weighted by Crippen LogP contribution is 2.20. The number of nitrogens with zero attached hydrogens (tertiary/aromatic N) is 2. The molecular formula is C10H7N3. The molecule has 3 rings (SSSR count). The van der Waals surface area contributed by atoms with Crippen molar-refractivity contribution in [2.45, 2.75) is 0 Å². The number of aromatic amines is 1. The first-order valence-electron chi connectivity index (χ1n) is 4.12. The second-order valence-corrected chi connectivity index (χ2v) is 2.97. The topological polar surface area (TPSA) is 41.6 Å². The highest BCUT2D eigenvalue weighted by atomic mass is 15.1. The van der Waals surface area contributed by atoms with Crippen molar-refractivity contribution < 1.29 is 0 Å². The van der Waals surface area contributed by atoms with Gasteiger partial charge in [-0.05, 0) is 24.3 Å². The minimum Gasteiger partial charge on any atom is -0.277 e. The first-order valence-corrected chi connectivity index (χ1v) is 4.12. The van der Waals surface area contributed by atoms with Gasteiger partial charge >= 0.3 is 0 Å². The maximum atomic E-state index is 4.26. The van der Waals surface area contributed by atoms with E-state index in [-0.39, 0.29) is 0 Å². The lowest BCUT2D eigenvalue weighted by atomic mass is 10.1. The predicted molar refractivity (Wildman–Crippen MR) is 51.4 cm³/mol. The molecule has 13 heavy (non-hydrogen) atoms. The first-order chi connectivity index (χ1) is 6.45. The normalized spacial score (nSPS) is 11.1. The second kappa shape index (κ2) is 2.29. The van der Waals surface area contributed by atoms with Gasteiger partial charge in [-0.1, -0.05) is 0 Å². The molecule has 0 atom stereocenters. The number of H-pyrrole nitrogens is 1. The quantitative estimate of drug-likeness (QED) is 0.560. The van der Waals surface area contributed by atoms with E-state index in [4.69, 9.17) is 0 Å². The van der Waals surface area contributed by atoms with Crippen molar-refractivity contribution in [2.24, 2.45) is 0 Å². The monoisotopic (exact) mass is 169 g/mol. The van der Waals surface area contributed by atoms with E-state index in [9.17, 15) is 0 Å². The van der Waals surface area contributed by atoms with Gasteiger partial charge in [0.25, 0.3) is 0 Å². The molecule has 1 aromatic carbocycles. The Hall–Kier alpha value is -1.90. The number of pyridine rings is 1. The van der Waals surface area contributed by atoms with E-state index in [0.29, 0.717) is 0 Å². The number of hydrogen-bond acceptors (Lipinski definition) is 2. The summed E-state index contributed by atoms with van der Waals surface area (Å²) in [7, 11) is 0. The van der Waals surface area contributed by atoms with Crippen LogP contribution in [0.1, 0.15) is 0 Å². The fourth-order valence-corrected chi connectivity index (χ4v) is 1.57. The molecule has 0 fully saturated rings. The molecule has 0 unspecified atom stereocenters. The Kier molecular flexibility index (Phi) is 1.16. The Bertz CT molecular complexity index is 568. The molecule has 2 aromatic heterocycles. The highest BCUT2D eigenvalue weighted by molar-refractivity contribution is 6.03. The summed E-state index contributed by atoms with van der Waals surface area (Å²) >= 11 is 0. The van der Waals surface area contributed by atoms with Crippen molar-refractivity contribution in [2.75, 3.05) is 0 Å². The van der Waals surface area contributed by atoms with E-state index in [0.717, 1.165) is 21.8 Å². The fraction of sp³-hybridized carbons (Fsp3) is 0. The molecule has 0 saturated heterocycles. The van der Waals surface area contributed by atoms with Gasteiger partial charge in [0.2, 0.25) is 0 Å². The lowest BCUT2D eigenvalue weighted by molar-refractivity contribution is 1.12. The van der Waals surface area contributed by atoms with Crippen molar-refractivity contribution in [3.8, 4) is 0 Å². The van der Waals surface area contributed by atoms with Crippen molar-refractivity contribution in [3.63, 3.8) is 0 Å². The maximum absolute atomic E-state index is 4.26. The summed E-state index contributed by atoms with van der Waals surface area (Å²) in [5.74, 6) is 0. The summed E-state index contributed by atoms with van der Waals surface area (Å²) in [6.07, 6.45) is 3.62. The first kappa shape index (κ1) is 6.60. The van der Waals surface area contributed by atoms with Crippen LogP contribution in [0.5, 0.6) is 0 Å². The summed E-state index contributed by atoms with van der Waals surface area (Å²) in [6, 6.07) is 8.01. The van der Waals surface area contributed by atoms with E-state index in [1.54, 1.807) is 6.20 Å². The number of nitrogens with one attached hydrogen (secondary N) is 1. The Morgan fingerprint density at radius 1 is 1.15 bits per heavy atom. The lowest BCUT2D eigenvalue weighted by Crippen LogP contribution is -1.78. The molecule has 0 radical (unpaired) electrons. The minimum absolute atomic E-state index is 0.999. The summed E-state index contributed by atoms with van der Waals surface area (Å²) in [6.45, 7) is 0. The molecule has 3 heteroatoms. The molecule has 3 aromatic rings. The van der Waals surface area contributed by atoms with Crippen LogP contribution in [-0.4, -0.2) is 15.2 Å². The van der Waals surface area contributed by atoms with Gasteiger partial charge < -0.3 is 0 Å². The molecule has 3 nitrogen and oxygen atoms in total. The number of rotatable bonds is 0. The lowest BCUT2D eigenvalue weighted by Gasteiger charge is -1.96. The van der Waals surface area contributed by atoms with Crippen molar-refractivity contribution in [3.05, 3.63) is 36.7 Å². The van der Waals surface area contributed by atoms with Crippen LogP contribution in [-0.2, 0) is 0 Å². The summed E-state index contributed by atoms with van der Waals surface area (Å²) in [5, 5.41) is 9.22. The molecule has 2 heterocycles. The van der Waals surface area contributed by atoms with E-state index in [2.05, 4.69) is 15.2 Å². The average molecular weight is 169 g/mol. The number of fused-ring (bicyclic) bond motifs is 3. The van der Waals surface area contributed by atoms with Crippen LogP contribution in [0.3, 0.4) is 0 Å². The molecule has 0 aliphatic carbocycles. The smallest absolute Gasteiger partial charge is 0.0744 e. The van der Waals surface area contributed by atoms with Crippen LogP contribution < -0.4 is 0 Å². The minimum atomic E-state index is 0.999. The zero-order chi connectivity index (χ0) is 8.67. The molecule has 0 bridgehead atoms. The van der Waals surface area contributed by atoms with E-state index in [1.165, 1.54) is 0 Å². The Morgan fingerprint density at radius 3 is 3.15 bits per heavy atom. The Labute approximate surface area is 74.4 Å². The Morgan fingerprint density at radius 2 is 2.15 bits per heavy atom. The number of aromatic nitrogens is 3. The van der Waals surface area contributed by atoms with Gasteiger partial charge in [0.05, 0.1) is 17.2 Å². The highest BCUT2D eigenvalue weighted by Gasteiger charge is 2.00. The number of benzene rings is 1. The van der Waals surface area contributed by atoms with E-state index >= 15 is 0 Å². The van der Waals surface area contributed by atoms with Gasteiger partial charge in [0.1, 0.15) is 0 Å². The zero-order valence-corrected chi connectivity index (χ0v) is 6.86. The zero-order valence-electron chi connectivity index (χ0n) is 6.86. The third-order valence-electron chi connectivity index (χ3n) is 2.20. The van der Waals surface area contributed by atoms with E-state index < -0.39 is 0 Å². The molecule has 1 N–H and O–H groups in total. The second-order valence-electron chi connectivity index (χ2n) is 2.97. The molecule has 0 saturated carbocycles. The van der Waals surface area contributed by atoms with Gasteiger partial charge in [-0.3, -0.25) is 10.1 Å². The van der Waals surface area contributed by atoms with E-state index in [1.807, 2.05) is 30.5 Å². The van der Waals surface area contributed by atoms with Crippen LogP contribution in [0.2, 0.25) is 0 Å². The molecule has 0 aliphatic rings. The van der Waals surface area contributed by atoms with Crippen molar-refractivity contribution >= 4 is 21.8 Å². The van der Waals surface area contributed by atoms with Crippen LogP contribution in [0.25, 0.3) is 21.8 Å². The van der Waals surface area contributed by atoms with Gasteiger partial charge in [-0.15, -0.1) is 0 Å². The fourth-order valence-electron chi connectivity index (χ4n) is 1.57. The van der Waals surface area contributed by atoms with Gasteiger partial charge in [-0.25, -0.2) is 0 Å². The average Bonchev–Trinajstić information content (AvgIpc) is 2.65. The third kappa shape index (κ3) is 0.839. The van der Waals surface area contributed by atoms with Crippen molar-refractivity contribution in [1.29, 1.82) is 0 Å². The van der Waals surface area contributed by atoms with Crippen LogP contribution in [0, 0.1) is 0 Å².